The van der Waals surface area contributed by atoms with Crippen molar-refractivity contribution in [1.29, 1.82) is 0 Å². The highest BCUT2D eigenvalue weighted by Gasteiger charge is 2.26. The van der Waals surface area contributed by atoms with Gasteiger partial charge in [0.2, 0.25) is 0 Å². The molecule has 0 saturated heterocycles. The van der Waals surface area contributed by atoms with Gasteiger partial charge in [0.25, 0.3) is 0 Å². The summed E-state index contributed by atoms with van der Waals surface area (Å²) in [5, 5.41) is 0. The summed E-state index contributed by atoms with van der Waals surface area (Å²) < 4.78 is 0. The van der Waals surface area contributed by atoms with Crippen molar-refractivity contribution in [3.63, 3.8) is 0 Å². The van der Waals surface area contributed by atoms with Crippen LogP contribution in [0.25, 0.3) is 0 Å². The van der Waals surface area contributed by atoms with E-state index in [9.17, 15) is 0 Å². The number of hydrogen-bond donors (Lipinski definition) is 0. The van der Waals surface area contributed by atoms with Crippen molar-refractivity contribution in [2.45, 2.75) is 70.0 Å². The number of rotatable bonds is 6. The van der Waals surface area contributed by atoms with Gasteiger partial charge in [-0.15, -0.1) is 0 Å². The van der Waals surface area contributed by atoms with Gasteiger partial charge < -0.3 is 0 Å². The summed E-state index contributed by atoms with van der Waals surface area (Å²) in [6.07, 6.45) is 13.0. The molecule has 1 heterocycles. The molecule has 1 nitrogen and oxygen atoms in total. The molecule has 1 aromatic heterocycles. The summed E-state index contributed by atoms with van der Waals surface area (Å²) >= 11 is 3.93. The van der Waals surface area contributed by atoms with E-state index < -0.39 is 0 Å². The van der Waals surface area contributed by atoms with Crippen LogP contribution < -0.4 is 0 Å². The van der Waals surface area contributed by atoms with Crippen LogP contribution in [-0.4, -0.2) is 9.81 Å². The Kier molecular flexibility index (Phi) is 6.54. The third kappa shape index (κ3) is 4.87. The average molecular weight is 338 g/mol. The Morgan fingerprint density at radius 1 is 1.25 bits per heavy atom. The van der Waals surface area contributed by atoms with Gasteiger partial charge in [-0.25, -0.2) is 0 Å². The first-order valence-corrected chi connectivity index (χ1v) is 9.16. The van der Waals surface area contributed by atoms with Crippen molar-refractivity contribution in [3.8, 4) is 0 Å². The molecule has 1 saturated carbocycles. The molecule has 0 amide bonds. The molecule has 0 spiro atoms. The highest BCUT2D eigenvalue weighted by atomic mass is 79.9. The molecule has 1 atom stereocenters. The Balaban J connectivity index is 1.76. The second kappa shape index (κ2) is 8.17. The van der Waals surface area contributed by atoms with Crippen LogP contribution in [0.1, 0.15) is 63.1 Å². The van der Waals surface area contributed by atoms with E-state index in [2.05, 4.69) is 46.9 Å². The number of alkyl halides is 1. The van der Waals surface area contributed by atoms with Gasteiger partial charge in [-0.2, -0.15) is 0 Å². The van der Waals surface area contributed by atoms with Gasteiger partial charge in [-0.05, 0) is 43.2 Å². The molecule has 0 N–H and O–H groups in total. The van der Waals surface area contributed by atoms with Crippen molar-refractivity contribution in [2.75, 3.05) is 0 Å². The lowest BCUT2D eigenvalue weighted by Gasteiger charge is -2.31. The molecule has 1 unspecified atom stereocenters. The van der Waals surface area contributed by atoms with Crippen molar-refractivity contribution in [1.82, 2.24) is 4.98 Å². The Morgan fingerprint density at radius 2 is 2.00 bits per heavy atom. The predicted molar refractivity (Wildman–Crippen MR) is 90.4 cm³/mol. The van der Waals surface area contributed by atoms with Crippen molar-refractivity contribution in [3.05, 3.63) is 29.6 Å². The molecule has 0 radical (unpaired) electrons. The minimum atomic E-state index is 0.602. The molecule has 1 aliphatic rings. The highest BCUT2D eigenvalue weighted by Crippen LogP contribution is 2.36. The van der Waals surface area contributed by atoms with Gasteiger partial charge >= 0.3 is 0 Å². The standard InChI is InChI=1S/C18H28BrN/c1-3-4-5-15-7-9-16(10-8-15)18(19)12-17-11-6-14(2)13-20-17/h6,11,13,15-16,18H,3-5,7-10,12H2,1-2H3. The zero-order chi connectivity index (χ0) is 14.4. The monoisotopic (exact) mass is 337 g/mol. The van der Waals surface area contributed by atoms with Gasteiger partial charge in [0.15, 0.2) is 0 Å². The summed E-state index contributed by atoms with van der Waals surface area (Å²) in [6.45, 7) is 4.40. The molecule has 20 heavy (non-hydrogen) atoms. The minimum Gasteiger partial charge on any atom is -0.261 e. The molecule has 0 aliphatic heterocycles. The molecule has 1 aliphatic carbocycles. The first-order valence-electron chi connectivity index (χ1n) is 8.24. The molecule has 0 bridgehead atoms. The van der Waals surface area contributed by atoms with Crippen molar-refractivity contribution < 1.29 is 0 Å². The number of aromatic nitrogens is 1. The highest BCUT2D eigenvalue weighted by molar-refractivity contribution is 9.09. The zero-order valence-electron chi connectivity index (χ0n) is 12.9. The van der Waals surface area contributed by atoms with Crippen LogP contribution in [0.2, 0.25) is 0 Å². The summed E-state index contributed by atoms with van der Waals surface area (Å²) in [7, 11) is 0. The Bertz CT molecular complexity index is 379. The first-order chi connectivity index (χ1) is 9.69. The molecule has 2 rings (SSSR count). The van der Waals surface area contributed by atoms with Crippen LogP contribution in [0.4, 0.5) is 0 Å². The number of nitrogens with zero attached hydrogens (tertiary/aromatic N) is 1. The largest absolute Gasteiger partial charge is 0.261 e. The predicted octanol–water partition coefficient (Wildman–Crippen LogP) is 5.69. The molecule has 0 aromatic carbocycles. The summed E-state index contributed by atoms with van der Waals surface area (Å²) in [6, 6.07) is 4.35. The molecule has 2 heteroatoms. The maximum Gasteiger partial charge on any atom is 0.0415 e. The fourth-order valence-electron chi connectivity index (χ4n) is 3.32. The van der Waals surface area contributed by atoms with Gasteiger partial charge in [0.1, 0.15) is 0 Å². The number of pyridine rings is 1. The van der Waals surface area contributed by atoms with Gasteiger partial charge in [-0.3, -0.25) is 4.98 Å². The van der Waals surface area contributed by atoms with Gasteiger partial charge in [0, 0.05) is 23.1 Å². The SMILES string of the molecule is CCCCC1CCC(C(Br)Cc2ccc(C)cn2)CC1. The summed E-state index contributed by atoms with van der Waals surface area (Å²) in [5.41, 5.74) is 2.47. The Morgan fingerprint density at radius 3 is 2.60 bits per heavy atom. The molecular weight excluding hydrogens is 310 g/mol. The lowest BCUT2D eigenvalue weighted by Crippen LogP contribution is -2.23. The fraction of sp³-hybridized carbons (Fsp3) is 0.722. The number of halogens is 1. The lowest BCUT2D eigenvalue weighted by molar-refractivity contribution is 0.256. The van der Waals surface area contributed by atoms with E-state index in [0.29, 0.717) is 4.83 Å². The second-order valence-electron chi connectivity index (χ2n) is 6.47. The third-order valence-corrected chi connectivity index (χ3v) is 5.82. The fourth-order valence-corrected chi connectivity index (χ4v) is 4.18. The quantitative estimate of drug-likeness (QED) is 0.607. The molecule has 1 aromatic rings. The number of aryl methyl sites for hydroxylation is 1. The third-order valence-electron chi connectivity index (χ3n) is 4.75. The van der Waals surface area contributed by atoms with Gasteiger partial charge in [0.05, 0.1) is 0 Å². The normalized spacial score (nSPS) is 24.6. The Labute approximate surface area is 132 Å². The van der Waals surface area contributed by atoms with Crippen molar-refractivity contribution in [2.24, 2.45) is 11.8 Å². The summed E-state index contributed by atoms with van der Waals surface area (Å²) in [5.74, 6) is 1.85. The van der Waals surface area contributed by atoms with E-state index in [1.54, 1.807) is 0 Å². The van der Waals surface area contributed by atoms with E-state index in [4.69, 9.17) is 0 Å². The van der Waals surface area contributed by atoms with Crippen LogP contribution in [0.15, 0.2) is 18.3 Å². The van der Waals surface area contributed by atoms with Crippen LogP contribution in [0, 0.1) is 18.8 Å². The molecule has 112 valence electrons. The van der Waals surface area contributed by atoms with E-state index in [0.717, 1.165) is 18.3 Å². The van der Waals surface area contributed by atoms with E-state index in [1.165, 1.54) is 56.2 Å². The van der Waals surface area contributed by atoms with Crippen LogP contribution in [0.5, 0.6) is 0 Å². The lowest BCUT2D eigenvalue weighted by atomic mass is 9.78. The van der Waals surface area contributed by atoms with E-state index >= 15 is 0 Å². The Hall–Kier alpha value is -0.370. The maximum atomic E-state index is 4.54. The topological polar surface area (TPSA) is 12.9 Å². The molecular formula is C18H28BrN. The van der Waals surface area contributed by atoms with Gasteiger partial charge in [-0.1, -0.05) is 61.0 Å². The maximum absolute atomic E-state index is 4.54. The smallest absolute Gasteiger partial charge is 0.0415 e. The van der Waals surface area contributed by atoms with Crippen molar-refractivity contribution >= 4 is 15.9 Å². The van der Waals surface area contributed by atoms with E-state index in [1.807, 2.05) is 6.20 Å². The average Bonchev–Trinajstić information content (AvgIpc) is 2.48. The second-order valence-corrected chi connectivity index (χ2v) is 7.65. The van der Waals surface area contributed by atoms with Crippen LogP contribution >= 0.6 is 15.9 Å². The van der Waals surface area contributed by atoms with Crippen LogP contribution in [0.3, 0.4) is 0 Å². The minimum absolute atomic E-state index is 0.602. The van der Waals surface area contributed by atoms with E-state index in [-0.39, 0.29) is 0 Å². The van der Waals surface area contributed by atoms with Crippen LogP contribution in [-0.2, 0) is 6.42 Å². The molecule has 1 fully saturated rings. The summed E-state index contributed by atoms with van der Waals surface area (Å²) in [4.78, 5) is 5.14. The first kappa shape index (κ1) is 16.0. The zero-order valence-corrected chi connectivity index (χ0v) is 14.5. The number of unbranched alkanes of at least 4 members (excludes halogenated alkanes) is 1. The number of hydrogen-bond acceptors (Lipinski definition) is 1.